The summed E-state index contributed by atoms with van der Waals surface area (Å²) in [7, 11) is 0. The Morgan fingerprint density at radius 3 is 0.800 bits per heavy atom. The first kappa shape index (κ1) is 40.7. The van der Waals surface area contributed by atoms with E-state index in [1.54, 1.807) is 24.3 Å². The molecule has 286 valence electrons. The molecule has 0 aliphatic heterocycles. The maximum Gasteiger partial charge on any atom is 0.573 e. The Balaban J connectivity index is 0.000000211. The summed E-state index contributed by atoms with van der Waals surface area (Å²) in [5.41, 5.74) is 11.8. The predicted molar refractivity (Wildman–Crippen MR) is 208 cm³/mol. The van der Waals surface area contributed by atoms with Crippen LogP contribution in [0.15, 0.2) is 146 Å². The molecule has 0 aliphatic carbocycles. The first-order valence-electron chi connectivity index (χ1n) is 18.4. The Bertz CT molecular complexity index is 2010. The Labute approximate surface area is 319 Å². The molecule has 8 heteroatoms. The van der Waals surface area contributed by atoms with Crippen LogP contribution in [0.2, 0.25) is 0 Å². The smallest absolute Gasteiger partial charge is 0.406 e. The number of halogens is 6. The van der Waals surface area contributed by atoms with E-state index in [0.29, 0.717) is 0 Å². The van der Waals surface area contributed by atoms with Crippen LogP contribution in [0.25, 0.3) is 22.3 Å². The van der Waals surface area contributed by atoms with Crippen molar-refractivity contribution in [3.63, 3.8) is 0 Å². The highest BCUT2D eigenvalue weighted by molar-refractivity contribution is 5.65. The SMILES string of the molecule is CCCc1ccc(-c2ccc(CCc3ccc(OC(F)(F)F)cc3)cc2)cc1.CCc1ccc(-c2ccc(CCc3ccc(OC(F)(F)F)cc3)cc2)cc1. The van der Waals surface area contributed by atoms with Crippen molar-refractivity contribution in [1.29, 1.82) is 0 Å². The Morgan fingerprint density at radius 2 is 0.564 bits per heavy atom. The van der Waals surface area contributed by atoms with Crippen molar-refractivity contribution in [3.8, 4) is 33.8 Å². The van der Waals surface area contributed by atoms with Gasteiger partial charge >= 0.3 is 12.7 Å². The molecule has 0 aliphatic rings. The summed E-state index contributed by atoms with van der Waals surface area (Å²) in [4.78, 5) is 0. The molecule has 0 atom stereocenters. The molecule has 0 unspecified atom stereocenters. The number of hydrogen-bond acceptors (Lipinski definition) is 2. The Kier molecular flexibility index (Phi) is 14.2. The van der Waals surface area contributed by atoms with Gasteiger partial charge in [0.25, 0.3) is 0 Å². The molecule has 2 nitrogen and oxygen atoms in total. The Hall–Kier alpha value is -5.50. The van der Waals surface area contributed by atoms with Crippen molar-refractivity contribution < 1.29 is 35.8 Å². The van der Waals surface area contributed by atoms with Crippen LogP contribution < -0.4 is 9.47 Å². The number of ether oxygens (including phenoxy) is 2. The molecule has 6 aromatic rings. The fraction of sp³-hybridized carbons (Fsp3) is 0.234. The third kappa shape index (κ3) is 13.7. The molecule has 6 rings (SSSR count). The maximum absolute atomic E-state index is 12.2. The van der Waals surface area contributed by atoms with Crippen LogP contribution in [0.3, 0.4) is 0 Å². The lowest BCUT2D eigenvalue weighted by atomic mass is 9.99. The quantitative estimate of drug-likeness (QED) is 0.109. The second-order valence-corrected chi connectivity index (χ2v) is 13.3. The van der Waals surface area contributed by atoms with Crippen LogP contribution >= 0.6 is 0 Å². The van der Waals surface area contributed by atoms with Gasteiger partial charge in [-0.2, -0.15) is 0 Å². The maximum atomic E-state index is 12.2. The van der Waals surface area contributed by atoms with Crippen LogP contribution in [0.5, 0.6) is 11.5 Å². The highest BCUT2D eigenvalue weighted by Crippen LogP contribution is 2.26. The van der Waals surface area contributed by atoms with Crippen LogP contribution in [0.4, 0.5) is 26.3 Å². The van der Waals surface area contributed by atoms with Crippen molar-refractivity contribution in [2.45, 2.75) is 71.5 Å². The summed E-state index contributed by atoms with van der Waals surface area (Å²) >= 11 is 0. The number of alkyl halides is 6. The van der Waals surface area contributed by atoms with Crippen molar-refractivity contribution in [3.05, 3.63) is 179 Å². The molecule has 0 fully saturated rings. The lowest BCUT2D eigenvalue weighted by molar-refractivity contribution is -0.275. The van der Waals surface area contributed by atoms with Crippen LogP contribution in [0.1, 0.15) is 53.6 Å². The van der Waals surface area contributed by atoms with Gasteiger partial charge in [-0.15, -0.1) is 26.3 Å². The van der Waals surface area contributed by atoms with Crippen molar-refractivity contribution in [2.75, 3.05) is 0 Å². The molecule has 0 bridgehead atoms. The standard InChI is InChI=1S/C24H23F3O.C23H21F3O/c1-2-3-18-6-12-21(13-7-18)22-14-8-19(9-15-22)4-5-20-10-16-23(17-11-20)28-24(25,26)27;1-2-17-5-11-20(12-6-17)21-13-7-18(8-14-21)3-4-19-9-15-22(16-10-19)27-23(24,25)26/h6-17H,2-5H2,1H3;5-16H,2-4H2,1H3. The van der Waals surface area contributed by atoms with Crippen LogP contribution in [-0.4, -0.2) is 12.7 Å². The summed E-state index contributed by atoms with van der Waals surface area (Å²) < 4.78 is 80.9. The minimum atomic E-state index is -4.65. The molecule has 0 N–H and O–H groups in total. The van der Waals surface area contributed by atoms with Crippen LogP contribution in [-0.2, 0) is 38.5 Å². The van der Waals surface area contributed by atoms with Gasteiger partial charge in [0.15, 0.2) is 0 Å². The van der Waals surface area contributed by atoms with Gasteiger partial charge in [0.1, 0.15) is 11.5 Å². The molecule has 6 aromatic carbocycles. The molecule has 0 saturated heterocycles. The van der Waals surface area contributed by atoms with Crippen molar-refractivity contribution >= 4 is 0 Å². The molecular weight excluding hydrogens is 711 g/mol. The van der Waals surface area contributed by atoms with Gasteiger partial charge in [0.05, 0.1) is 0 Å². The number of hydrogen-bond donors (Lipinski definition) is 0. The van der Waals surface area contributed by atoms with E-state index in [2.05, 4.69) is 120 Å². The second kappa shape index (κ2) is 19.2. The van der Waals surface area contributed by atoms with E-state index in [1.165, 1.54) is 68.8 Å². The zero-order valence-corrected chi connectivity index (χ0v) is 30.9. The topological polar surface area (TPSA) is 18.5 Å². The van der Waals surface area contributed by atoms with Crippen molar-refractivity contribution in [2.24, 2.45) is 0 Å². The minimum absolute atomic E-state index is 0.189. The van der Waals surface area contributed by atoms with E-state index >= 15 is 0 Å². The number of aryl methyl sites for hydroxylation is 6. The van der Waals surface area contributed by atoms with Gasteiger partial charge in [-0.25, -0.2) is 0 Å². The molecule has 55 heavy (non-hydrogen) atoms. The van der Waals surface area contributed by atoms with Gasteiger partial charge in [0.2, 0.25) is 0 Å². The molecule has 0 amide bonds. The highest BCUT2D eigenvalue weighted by Gasteiger charge is 2.31. The van der Waals surface area contributed by atoms with Gasteiger partial charge in [-0.05, 0) is 118 Å². The average Bonchev–Trinajstić information content (AvgIpc) is 3.17. The average molecular weight is 755 g/mol. The number of rotatable bonds is 13. The fourth-order valence-corrected chi connectivity index (χ4v) is 6.11. The molecule has 0 spiro atoms. The Morgan fingerprint density at radius 1 is 0.327 bits per heavy atom. The second-order valence-electron chi connectivity index (χ2n) is 13.3. The summed E-state index contributed by atoms with van der Waals surface area (Å²) in [5.74, 6) is -0.379. The van der Waals surface area contributed by atoms with E-state index in [-0.39, 0.29) is 11.5 Å². The minimum Gasteiger partial charge on any atom is -0.406 e. The van der Waals surface area contributed by atoms with Crippen molar-refractivity contribution in [1.82, 2.24) is 0 Å². The van der Waals surface area contributed by atoms with Crippen LogP contribution in [0, 0.1) is 0 Å². The third-order valence-electron chi connectivity index (χ3n) is 9.15. The molecule has 0 aromatic heterocycles. The summed E-state index contributed by atoms with van der Waals surface area (Å²) in [5, 5.41) is 0. The highest BCUT2D eigenvalue weighted by atomic mass is 19.4. The predicted octanol–water partition coefficient (Wildman–Crippen LogP) is 13.6. The molecular formula is C47H44F6O2. The molecule has 0 radical (unpaired) electrons. The van der Waals surface area contributed by atoms with E-state index in [4.69, 9.17) is 0 Å². The summed E-state index contributed by atoms with van der Waals surface area (Å²) in [6.45, 7) is 4.32. The zero-order chi connectivity index (χ0) is 39.3. The lowest BCUT2D eigenvalue weighted by Gasteiger charge is -2.09. The molecule has 0 saturated carbocycles. The summed E-state index contributed by atoms with van der Waals surface area (Å²) in [6, 6.07) is 46.2. The largest absolute Gasteiger partial charge is 0.573 e. The summed E-state index contributed by atoms with van der Waals surface area (Å²) in [6.07, 6.45) is -2.85. The van der Waals surface area contributed by atoms with E-state index < -0.39 is 12.7 Å². The van der Waals surface area contributed by atoms with Gasteiger partial charge in [-0.1, -0.05) is 142 Å². The third-order valence-corrected chi connectivity index (χ3v) is 9.15. The van der Waals surface area contributed by atoms with Gasteiger partial charge in [-0.3, -0.25) is 0 Å². The van der Waals surface area contributed by atoms with Gasteiger partial charge < -0.3 is 9.47 Å². The van der Waals surface area contributed by atoms with Gasteiger partial charge in [0, 0.05) is 0 Å². The van der Waals surface area contributed by atoms with E-state index in [9.17, 15) is 26.3 Å². The lowest BCUT2D eigenvalue weighted by Crippen LogP contribution is -2.17. The molecule has 0 heterocycles. The first-order valence-corrected chi connectivity index (χ1v) is 18.4. The number of benzene rings is 6. The van der Waals surface area contributed by atoms with E-state index in [0.717, 1.165) is 56.1 Å². The monoisotopic (exact) mass is 754 g/mol. The fourth-order valence-electron chi connectivity index (χ4n) is 6.11. The zero-order valence-electron chi connectivity index (χ0n) is 30.9. The van der Waals surface area contributed by atoms with E-state index in [1.807, 2.05) is 0 Å². The first-order chi connectivity index (χ1) is 26.4. The normalized spacial score (nSPS) is 11.4.